The van der Waals surface area contributed by atoms with E-state index in [0.29, 0.717) is 35.3 Å². The highest BCUT2D eigenvalue weighted by Gasteiger charge is 2.27. The lowest BCUT2D eigenvalue weighted by Crippen LogP contribution is -2.39. The fourth-order valence-electron chi connectivity index (χ4n) is 3.80. The first-order valence-corrected chi connectivity index (χ1v) is 15.2. The Labute approximate surface area is 259 Å². The maximum Gasteiger partial charge on any atom is 0.264 e. The summed E-state index contributed by atoms with van der Waals surface area (Å²) in [7, 11) is -4.14. The third-order valence-electron chi connectivity index (χ3n) is 5.73. The summed E-state index contributed by atoms with van der Waals surface area (Å²) in [5, 5.41) is 5.08. The molecule has 0 heterocycles. The maximum atomic E-state index is 13.5. The molecule has 4 rings (SSSR count). The van der Waals surface area contributed by atoms with Crippen LogP contribution in [0.2, 0.25) is 15.1 Å². The van der Waals surface area contributed by atoms with Gasteiger partial charge in [0, 0.05) is 15.1 Å². The van der Waals surface area contributed by atoms with E-state index in [4.69, 9.17) is 44.3 Å². The predicted molar refractivity (Wildman–Crippen MR) is 167 cm³/mol. The topological polar surface area (TPSA) is 97.3 Å². The van der Waals surface area contributed by atoms with Crippen molar-refractivity contribution in [3.63, 3.8) is 0 Å². The maximum absolute atomic E-state index is 13.5. The van der Waals surface area contributed by atoms with E-state index in [2.05, 4.69) is 10.5 Å². The molecule has 1 amide bonds. The van der Waals surface area contributed by atoms with Crippen molar-refractivity contribution in [2.24, 2.45) is 5.10 Å². The summed E-state index contributed by atoms with van der Waals surface area (Å²) in [5.41, 5.74) is 4.07. The predicted octanol–water partition coefficient (Wildman–Crippen LogP) is 6.97. The zero-order chi connectivity index (χ0) is 30.1. The summed E-state index contributed by atoms with van der Waals surface area (Å²) in [6.07, 6.45) is 1.41. The zero-order valence-corrected chi connectivity index (χ0v) is 25.4. The zero-order valence-electron chi connectivity index (χ0n) is 22.3. The van der Waals surface area contributed by atoms with E-state index < -0.39 is 22.5 Å². The molecule has 1 N–H and O–H groups in total. The van der Waals surface area contributed by atoms with Gasteiger partial charge < -0.3 is 9.47 Å². The third kappa shape index (κ3) is 8.39. The van der Waals surface area contributed by atoms with Gasteiger partial charge in [-0.25, -0.2) is 13.8 Å². The molecule has 4 aromatic rings. The van der Waals surface area contributed by atoms with Crippen molar-refractivity contribution in [2.75, 3.05) is 17.5 Å². The Morgan fingerprint density at radius 1 is 0.857 bits per heavy atom. The first-order chi connectivity index (χ1) is 20.2. The number of sulfonamides is 1. The Hall–Kier alpha value is -3.76. The van der Waals surface area contributed by atoms with Gasteiger partial charge in [0.25, 0.3) is 15.9 Å². The minimum atomic E-state index is -4.14. The number of rotatable bonds is 12. The molecule has 0 saturated carbocycles. The van der Waals surface area contributed by atoms with Crippen molar-refractivity contribution < 1.29 is 22.7 Å². The Morgan fingerprint density at radius 2 is 1.55 bits per heavy atom. The van der Waals surface area contributed by atoms with Gasteiger partial charge in [-0.05, 0) is 78.7 Å². The van der Waals surface area contributed by atoms with Crippen LogP contribution >= 0.6 is 34.8 Å². The van der Waals surface area contributed by atoms with Gasteiger partial charge in [-0.3, -0.25) is 9.10 Å². The second-order valence-corrected chi connectivity index (χ2v) is 12.0. The lowest BCUT2D eigenvalue weighted by Gasteiger charge is -2.24. The number of amides is 1. The number of hydrogen-bond donors (Lipinski definition) is 1. The quantitative estimate of drug-likeness (QED) is 0.132. The monoisotopic (exact) mass is 645 g/mol. The summed E-state index contributed by atoms with van der Waals surface area (Å²) in [6, 6.07) is 24.6. The van der Waals surface area contributed by atoms with Crippen LogP contribution in [-0.4, -0.2) is 33.7 Å². The van der Waals surface area contributed by atoms with Crippen LogP contribution in [0.1, 0.15) is 18.1 Å². The number of hydrazone groups is 1. The van der Waals surface area contributed by atoms with Gasteiger partial charge in [0.2, 0.25) is 0 Å². The van der Waals surface area contributed by atoms with E-state index in [1.807, 2.05) is 19.1 Å². The van der Waals surface area contributed by atoms with Crippen molar-refractivity contribution in [1.29, 1.82) is 0 Å². The van der Waals surface area contributed by atoms with Gasteiger partial charge in [0.05, 0.1) is 23.4 Å². The first-order valence-electron chi connectivity index (χ1n) is 12.7. The molecule has 4 aromatic carbocycles. The van der Waals surface area contributed by atoms with Crippen LogP contribution in [0.5, 0.6) is 11.5 Å². The van der Waals surface area contributed by atoms with E-state index in [1.54, 1.807) is 48.5 Å². The van der Waals surface area contributed by atoms with Crippen LogP contribution in [0.4, 0.5) is 5.69 Å². The number of hydrogen-bond acceptors (Lipinski definition) is 6. The third-order valence-corrected chi connectivity index (χ3v) is 8.21. The molecule has 0 radical (unpaired) electrons. The molecule has 0 aliphatic rings. The Balaban J connectivity index is 1.48. The Morgan fingerprint density at radius 3 is 2.21 bits per heavy atom. The lowest BCUT2D eigenvalue weighted by molar-refractivity contribution is -0.119. The molecule has 0 bridgehead atoms. The van der Waals surface area contributed by atoms with E-state index in [0.717, 1.165) is 9.87 Å². The molecule has 0 fully saturated rings. The highest BCUT2D eigenvalue weighted by Crippen LogP contribution is 2.30. The molecule has 0 spiro atoms. The highest BCUT2D eigenvalue weighted by molar-refractivity contribution is 7.92. The van der Waals surface area contributed by atoms with E-state index >= 15 is 0 Å². The van der Waals surface area contributed by atoms with Crippen molar-refractivity contribution >= 4 is 62.6 Å². The van der Waals surface area contributed by atoms with Crippen LogP contribution in [0, 0.1) is 0 Å². The summed E-state index contributed by atoms with van der Waals surface area (Å²) in [5.74, 6) is 0.351. The molecule has 218 valence electrons. The van der Waals surface area contributed by atoms with Crippen molar-refractivity contribution in [1.82, 2.24) is 5.43 Å². The average Bonchev–Trinajstić information content (AvgIpc) is 2.96. The van der Waals surface area contributed by atoms with Crippen LogP contribution in [0.3, 0.4) is 0 Å². The van der Waals surface area contributed by atoms with Crippen molar-refractivity contribution in [3.05, 3.63) is 117 Å². The molecule has 0 atom stereocenters. The van der Waals surface area contributed by atoms with Crippen LogP contribution in [0.25, 0.3) is 0 Å². The molecule has 0 unspecified atom stereocenters. The molecule has 42 heavy (non-hydrogen) atoms. The van der Waals surface area contributed by atoms with Gasteiger partial charge in [0.1, 0.15) is 13.2 Å². The minimum absolute atomic E-state index is 0.000719. The van der Waals surface area contributed by atoms with Gasteiger partial charge in [-0.2, -0.15) is 5.10 Å². The molecule has 8 nitrogen and oxygen atoms in total. The Bertz CT molecular complexity index is 1650. The van der Waals surface area contributed by atoms with Gasteiger partial charge in [-0.15, -0.1) is 0 Å². The van der Waals surface area contributed by atoms with Crippen LogP contribution in [-0.2, 0) is 21.4 Å². The number of carbonyl (C=O) groups excluding carboxylic acids is 1. The second kappa shape index (κ2) is 14.4. The van der Waals surface area contributed by atoms with Gasteiger partial charge in [0.15, 0.2) is 11.5 Å². The molecular formula is C30H26Cl3N3O5S. The highest BCUT2D eigenvalue weighted by atomic mass is 35.5. The van der Waals surface area contributed by atoms with E-state index in [9.17, 15) is 13.2 Å². The van der Waals surface area contributed by atoms with Gasteiger partial charge in [-0.1, -0.05) is 65.1 Å². The van der Waals surface area contributed by atoms with Crippen LogP contribution < -0.4 is 19.2 Å². The fourth-order valence-corrected chi connectivity index (χ4v) is 5.86. The second-order valence-electron chi connectivity index (χ2n) is 8.80. The first kappa shape index (κ1) is 31.2. The number of ether oxygens (including phenoxy) is 2. The van der Waals surface area contributed by atoms with Gasteiger partial charge >= 0.3 is 0 Å². The Kier molecular flexibility index (Phi) is 10.7. The molecule has 0 saturated heterocycles. The van der Waals surface area contributed by atoms with Crippen molar-refractivity contribution in [2.45, 2.75) is 18.4 Å². The number of carbonyl (C=O) groups is 1. The standard InChI is InChI=1S/C30H26Cl3N3O5S/c1-2-40-29-14-22(10-13-28(29)41-20-21-8-11-23(31)12-9-21)18-34-35-30(37)19-36(26-16-24(32)15-25(33)17-26)42(38,39)27-6-4-3-5-7-27/h3-18H,2,19-20H2,1H3,(H,35,37)/b34-18+. The molecular weight excluding hydrogens is 621 g/mol. The SMILES string of the molecule is CCOc1cc(/C=N/NC(=O)CN(c2cc(Cl)cc(Cl)c2)S(=O)(=O)c2ccccc2)ccc1OCc1ccc(Cl)cc1. The largest absolute Gasteiger partial charge is 0.490 e. The van der Waals surface area contributed by atoms with Crippen LogP contribution in [0.15, 0.2) is 101 Å². The number of nitrogens with zero attached hydrogens (tertiary/aromatic N) is 2. The normalized spacial score (nSPS) is 11.3. The number of anilines is 1. The fraction of sp³-hybridized carbons (Fsp3) is 0.133. The molecule has 0 aliphatic heterocycles. The summed E-state index contributed by atoms with van der Waals surface area (Å²) < 4.78 is 39.5. The molecule has 0 aromatic heterocycles. The number of benzene rings is 4. The molecule has 12 heteroatoms. The number of nitrogens with one attached hydrogen (secondary N) is 1. The summed E-state index contributed by atoms with van der Waals surface area (Å²) >= 11 is 18.2. The summed E-state index contributed by atoms with van der Waals surface area (Å²) in [4.78, 5) is 12.9. The van der Waals surface area contributed by atoms with E-state index in [-0.39, 0.29) is 20.6 Å². The van der Waals surface area contributed by atoms with E-state index in [1.165, 1.54) is 36.5 Å². The summed E-state index contributed by atoms with van der Waals surface area (Å²) in [6.45, 7) is 2.01. The lowest BCUT2D eigenvalue weighted by atomic mass is 10.2. The molecule has 0 aliphatic carbocycles. The number of halogens is 3. The smallest absolute Gasteiger partial charge is 0.264 e. The average molecular weight is 647 g/mol. The van der Waals surface area contributed by atoms with Crippen molar-refractivity contribution in [3.8, 4) is 11.5 Å². The minimum Gasteiger partial charge on any atom is -0.490 e.